The van der Waals surface area contributed by atoms with Crippen molar-refractivity contribution in [2.24, 2.45) is 0 Å². The Morgan fingerprint density at radius 3 is 2.92 bits per heavy atom. The van der Waals surface area contributed by atoms with E-state index in [-0.39, 0.29) is 18.2 Å². The number of aryl methyl sites for hydroxylation is 1. The van der Waals surface area contributed by atoms with Crippen molar-refractivity contribution in [3.63, 3.8) is 0 Å². The van der Waals surface area contributed by atoms with Gasteiger partial charge in [-0.25, -0.2) is 4.98 Å². The predicted octanol–water partition coefficient (Wildman–Crippen LogP) is 1.81. The summed E-state index contributed by atoms with van der Waals surface area (Å²) in [5, 5.41) is 2.80. The lowest BCUT2D eigenvalue weighted by atomic mass is 9.89. The summed E-state index contributed by atoms with van der Waals surface area (Å²) in [7, 11) is 3.29. The first-order valence-electron chi connectivity index (χ1n) is 7.71. The standard InChI is InChI=1S/C17H20N4O3/c1-10-8-18-15(19-10)9-21(2)17(23)13-7-16(22)20-14-5-4-11(24-3)6-12(13)14/h4-6,8,13H,7,9H2,1-3H3,(H,18,19)(H,20,22)/t13-/m1/s1. The lowest BCUT2D eigenvalue weighted by Gasteiger charge is -2.28. The molecule has 7 heteroatoms. The van der Waals surface area contributed by atoms with Crippen LogP contribution in [0.25, 0.3) is 0 Å². The van der Waals surface area contributed by atoms with E-state index in [2.05, 4.69) is 15.3 Å². The Kier molecular flexibility index (Phi) is 4.24. The molecule has 2 aromatic rings. The molecular formula is C17H20N4O3. The number of rotatable bonds is 4. The molecule has 1 aromatic carbocycles. The van der Waals surface area contributed by atoms with Gasteiger partial charge in [-0.05, 0) is 30.7 Å². The number of amides is 2. The smallest absolute Gasteiger partial charge is 0.230 e. The van der Waals surface area contributed by atoms with E-state index >= 15 is 0 Å². The van der Waals surface area contributed by atoms with Crippen LogP contribution in [0.2, 0.25) is 0 Å². The number of H-pyrrole nitrogens is 1. The average Bonchev–Trinajstić information content (AvgIpc) is 2.97. The number of carbonyl (C=O) groups is 2. The summed E-state index contributed by atoms with van der Waals surface area (Å²) in [5.41, 5.74) is 2.38. The molecule has 0 saturated carbocycles. The normalized spacial score (nSPS) is 16.3. The molecular weight excluding hydrogens is 308 g/mol. The molecule has 0 radical (unpaired) electrons. The molecule has 7 nitrogen and oxygen atoms in total. The van der Waals surface area contributed by atoms with E-state index < -0.39 is 5.92 Å². The van der Waals surface area contributed by atoms with Crippen molar-refractivity contribution < 1.29 is 14.3 Å². The van der Waals surface area contributed by atoms with Gasteiger partial charge in [-0.2, -0.15) is 0 Å². The molecule has 2 N–H and O–H groups in total. The number of methoxy groups -OCH3 is 1. The lowest BCUT2D eigenvalue weighted by Crippen LogP contribution is -2.36. The summed E-state index contributed by atoms with van der Waals surface area (Å²) in [4.78, 5) is 33.7. The monoisotopic (exact) mass is 328 g/mol. The van der Waals surface area contributed by atoms with Gasteiger partial charge in [-0.1, -0.05) is 0 Å². The van der Waals surface area contributed by atoms with Crippen LogP contribution in [0, 0.1) is 6.92 Å². The first-order chi connectivity index (χ1) is 11.5. The highest BCUT2D eigenvalue weighted by Crippen LogP contribution is 2.36. The summed E-state index contributed by atoms with van der Waals surface area (Å²) in [6.07, 6.45) is 1.85. The first-order valence-corrected chi connectivity index (χ1v) is 7.71. The van der Waals surface area contributed by atoms with E-state index in [0.717, 1.165) is 17.1 Å². The van der Waals surface area contributed by atoms with E-state index in [1.165, 1.54) is 0 Å². The average molecular weight is 328 g/mol. The number of hydrogen-bond donors (Lipinski definition) is 2. The minimum atomic E-state index is -0.523. The van der Waals surface area contributed by atoms with Crippen molar-refractivity contribution in [3.05, 3.63) is 41.5 Å². The van der Waals surface area contributed by atoms with Gasteiger partial charge in [-0.3, -0.25) is 9.59 Å². The van der Waals surface area contributed by atoms with Crippen molar-refractivity contribution in [1.29, 1.82) is 0 Å². The maximum atomic E-state index is 12.9. The van der Waals surface area contributed by atoms with Gasteiger partial charge in [0.2, 0.25) is 11.8 Å². The number of fused-ring (bicyclic) bond motifs is 1. The van der Waals surface area contributed by atoms with Crippen molar-refractivity contribution in [3.8, 4) is 5.75 Å². The molecule has 126 valence electrons. The third kappa shape index (κ3) is 3.10. The Bertz CT molecular complexity index is 784. The zero-order valence-electron chi connectivity index (χ0n) is 13.9. The molecule has 1 aromatic heterocycles. The molecule has 24 heavy (non-hydrogen) atoms. The van der Waals surface area contributed by atoms with Crippen LogP contribution >= 0.6 is 0 Å². The number of anilines is 1. The fraction of sp³-hybridized carbons (Fsp3) is 0.353. The maximum absolute atomic E-state index is 12.9. The Labute approximate surface area is 140 Å². The molecule has 0 aliphatic carbocycles. The van der Waals surface area contributed by atoms with Gasteiger partial charge >= 0.3 is 0 Å². The van der Waals surface area contributed by atoms with E-state index in [9.17, 15) is 9.59 Å². The highest BCUT2D eigenvalue weighted by atomic mass is 16.5. The zero-order chi connectivity index (χ0) is 17.3. The fourth-order valence-electron chi connectivity index (χ4n) is 2.90. The molecule has 3 rings (SSSR count). The van der Waals surface area contributed by atoms with E-state index in [0.29, 0.717) is 18.0 Å². The minimum absolute atomic E-state index is 0.117. The number of aromatic amines is 1. The van der Waals surface area contributed by atoms with E-state index in [1.54, 1.807) is 37.4 Å². The Hall–Kier alpha value is -2.83. The van der Waals surface area contributed by atoms with Crippen LogP contribution < -0.4 is 10.1 Å². The lowest BCUT2D eigenvalue weighted by molar-refractivity contribution is -0.134. The molecule has 0 spiro atoms. The predicted molar refractivity (Wildman–Crippen MR) is 88.8 cm³/mol. The molecule has 1 atom stereocenters. The minimum Gasteiger partial charge on any atom is -0.497 e. The molecule has 1 aliphatic rings. The summed E-state index contributed by atoms with van der Waals surface area (Å²) in [6, 6.07) is 5.34. The summed E-state index contributed by atoms with van der Waals surface area (Å²) in [5.74, 6) is 0.577. The molecule has 0 unspecified atom stereocenters. The van der Waals surface area contributed by atoms with Crippen molar-refractivity contribution in [2.75, 3.05) is 19.5 Å². The van der Waals surface area contributed by atoms with Crippen molar-refractivity contribution in [1.82, 2.24) is 14.9 Å². The number of imidazole rings is 1. The Morgan fingerprint density at radius 1 is 1.46 bits per heavy atom. The molecule has 2 heterocycles. The SMILES string of the molecule is COc1ccc2c(c1)[C@H](C(=O)N(C)Cc1ncc(C)[nH]1)CC(=O)N2. The van der Waals surface area contributed by atoms with Crippen LogP contribution in [0.1, 0.15) is 29.4 Å². The summed E-state index contributed by atoms with van der Waals surface area (Å²) < 4.78 is 5.24. The quantitative estimate of drug-likeness (QED) is 0.896. The highest BCUT2D eigenvalue weighted by Gasteiger charge is 2.33. The number of ether oxygens (including phenoxy) is 1. The molecule has 0 fully saturated rings. The van der Waals surface area contributed by atoms with Gasteiger partial charge in [0.1, 0.15) is 11.6 Å². The number of likely N-dealkylation sites (N-methyl/N-ethyl adjacent to an activating group) is 1. The van der Waals surface area contributed by atoms with Gasteiger partial charge in [0.05, 0.1) is 19.6 Å². The fourth-order valence-corrected chi connectivity index (χ4v) is 2.90. The number of carbonyl (C=O) groups excluding carboxylic acids is 2. The van der Waals surface area contributed by atoms with Crippen LogP contribution in [-0.2, 0) is 16.1 Å². The van der Waals surface area contributed by atoms with Crippen LogP contribution in [-0.4, -0.2) is 40.8 Å². The first kappa shape index (κ1) is 16.0. The molecule has 2 amide bonds. The van der Waals surface area contributed by atoms with Crippen molar-refractivity contribution in [2.45, 2.75) is 25.8 Å². The second kappa shape index (κ2) is 6.35. The Morgan fingerprint density at radius 2 is 2.25 bits per heavy atom. The molecule has 0 bridgehead atoms. The van der Waals surface area contributed by atoms with Crippen molar-refractivity contribution >= 4 is 17.5 Å². The topological polar surface area (TPSA) is 87.3 Å². The zero-order valence-corrected chi connectivity index (χ0v) is 13.9. The summed E-state index contributed by atoms with van der Waals surface area (Å²) in [6.45, 7) is 2.27. The maximum Gasteiger partial charge on any atom is 0.230 e. The van der Waals surface area contributed by atoms with Gasteiger partial charge in [0.25, 0.3) is 0 Å². The van der Waals surface area contributed by atoms with Crippen LogP contribution in [0.5, 0.6) is 5.75 Å². The molecule has 0 saturated heterocycles. The summed E-state index contributed by atoms with van der Waals surface area (Å²) >= 11 is 0. The third-order valence-electron chi connectivity index (χ3n) is 4.11. The number of aromatic nitrogens is 2. The number of nitrogens with one attached hydrogen (secondary N) is 2. The van der Waals surface area contributed by atoms with Gasteiger partial charge in [0.15, 0.2) is 0 Å². The second-order valence-electron chi connectivity index (χ2n) is 5.97. The van der Waals surface area contributed by atoms with E-state index in [4.69, 9.17) is 4.74 Å². The Balaban J connectivity index is 1.85. The molecule has 1 aliphatic heterocycles. The third-order valence-corrected chi connectivity index (χ3v) is 4.11. The number of hydrogen-bond acceptors (Lipinski definition) is 4. The van der Waals surface area contributed by atoms with Crippen LogP contribution in [0.15, 0.2) is 24.4 Å². The second-order valence-corrected chi connectivity index (χ2v) is 5.97. The van der Waals surface area contributed by atoms with Gasteiger partial charge < -0.3 is 19.9 Å². The van der Waals surface area contributed by atoms with Gasteiger partial charge in [0, 0.05) is 31.0 Å². The van der Waals surface area contributed by atoms with E-state index in [1.807, 2.05) is 13.0 Å². The van der Waals surface area contributed by atoms with Crippen LogP contribution in [0.4, 0.5) is 5.69 Å². The van der Waals surface area contributed by atoms with Gasteiger partial charge in [-0.15, -0.1) is 0 Å². The number of benzene rings is 1. The van der Waals surface area contributed by atoms with Crippen LogP contribution in [0.3, 0.4) is 0 Å². The highest BCUT2D eigenvalue weighted by molar-refractivity contribution is 6.01. The number of nitrogens with zero attached hydrogens (tertiary/aromatic N) is 2. The largest absolute Gasteiger partial charge is 0.497 e.